The number of hydrogen-bond acceptors (Lipinski definition) is 7. The fourth-order valence-corrected chi connectivity index (χ4v) is 4.85. The van der Waals surface area contributed by atoms with Crippen molar-refractivity contribution in [2.75, 3.05) is 5.73 Å². The van der Waals surface area contributed by atoms with E-state index in [4.69, 9.17) is 15.5 Å². The number of nitrogens with two attached hydrogens (primary N) is 1. The third kappa shape index (κ3) is 3.13. The topological polar surface area (TPSA) is 91.0 Å². The average molecular weight is 402 g/mol. The highest BCUT2D eigenvalue weighted by atomic mass is 32.1. The number of pyridine rings is 3. The molecule has 144 valence electrons. The Morgan fingerprint density at radius 1 is 1.03 bits per heavy atom. The Kier molecular flexibility index (Phi) is 4.44. The summed E-state index contributed by atoms with van der Waals surface area (Å²) in [4.78, 5) is 27.0. The number of carbonyl (C=O) groups is 1. The van der Waals surface area contributed by atoms with E-state index >= 15 is 0 Å². The first-order valence-electron chi connectivity index (χ1n) is 9.42. The summed E-state index contributed by atoms with van der Waals surface area (Å²) in [7, 11) is 0. The predicted octanol–water partition coefficient (Wildman–Crippen LogP) is 3.97. The molecule has 0 saturated heterocycles. The lowest BCUT2D eigenvalue weighted by Crippen LogP contribution is -2.03. The summed E-state index contributed by atoms with van der Waals surface area (Å²) in [5.74, 6) is 0.546. The van der Waals surface area contributed by atoms with Crippen LogP contribution in [-0.4, -0.2) is 20.7 Å². The molecular formula is C22H18N4O2S. The van der Waals surface area contributed by atoms with Crippen molar-refractivity contribution < 1.29 is 9.53 Å². The third-order valence-electron chi connectivity index (χ3n) is 5.18. The molecule has 0 aliphatic heterocycles. The summed E-state index contributed by atoms with van der Waals surface area (Å²) in [6, 6.07) is 7.25. The molecule has 0 amide bonds. The van der Waals surface area contributed by atoms with Crippen molar-refractivity contribution in [3.05, 3.63) is 76.2 Å². The maximum absolute atomic E-state index is 13.0. The van der Waals surface area contributed by atoms with Crippen LogP contribution in [-0.2, 0) is 19.4 Å². The van der Waals surface area contributed by atoms with Crippen LogP contribution in [0, 0.1) is 0 Å². The highest BCUT2D eigenvalue weighted by molar-refractivity contribution is 7.21. The van der Waals surface area contributed by atoms with Crippen LogP contribution in [0.25, 0.3) is 10.2 Å². The van der Waals surface area contributed by atoms with Crippen molar-refractivity contribution in [3.8, 4) is 5.88 Å². The Bertz CT molecular complexity index is 1210. The summed E-state index contributed by atoms with van der Waals surface area (Å²) in [5.41, 5.74) is 10.9. The van der Waals surface area contributed by atoms with Gasteiger partial charge in [0.1, 0.15) is 16.3 Å². The van der Waals surface area contributed by atoms with Crippen LogP contribution in [0.4, 0.5) is 5.69 Å². The van der Waals surface area contributed by atoms with Gasteiger partial charge in [-0.3, -0.25) is 14.8 Å². The molecule has 0 spiro atoms. The number of nitrogen functional groups attached to an aromatic ring is 1. The summed E-state index contributed by atoms with van der Waals surface area (Å²) in [6.45, 7) is 0.428. The predicted molar refractivity (Wildman–Crippen MR) is 112 cm³/mol. The minimum absolute atomic E-state index is 0.0982. The van der Waals surface area contributed by atoms with Crippen LogP contribution in [0.15, 0.2) is 49.1 Å². The van der Waals surface area contributed by atoms with Crippen molar-refractivity contribution >= 4 is 33.0 Å². The van der Waals surface area contributed by atoms with Gasteiger partial charge >= 0.3 is 0 Å². The highest BCUT2D eigenvalue weighted by Crippen LogP contribution is 2.43. The van der Waals surface area contributed by atoms with Crippen molar-refractivity contribution in [2.45, 2.75) is 25.9 Å². The van der Waals surface area contributed by atoms with Crippen LogP contribution in [0.3, 0.4) is 0 Å². The lowest BCUT2D eigenvalue weighted by molar-refractivity contribution is 0.104. The Morgan fingerprint density at radius 2 is 1.72 bits per heavy atom. The van der Waals surface area contributed by atoms with E-state index in [9.17, 15) is 4.79 Å². The molecule has 0 bridgehead atoms. The molecule has 0 atom stereocenters. The number of rotatable bonds is 5. The van der Waals surface area contributed by atoms with Gasteiger partial charge in [-0.1, -0.05) is 0 Å². The van der Waals surface area contributed by atoms with Gasteiger partial charge in [-0.05, 0) is 54.7 Å². The Balaban J connectivity index is 1.57. The number of nitrogens with zero attached hydrogens (tertiary/aromatic N) is 3. The molecule has 7 heteroatoms. The van der Waals surface area contributed by atoms with Gasteiger partial charge in [0.2, 0.25) is 11.7 Å². The number of ether oxygens (including phenoxy) is 1. The van der Waals surface area contributed by atoms with Crippen LogP contribution < -0.4 is 10.5 Å². The Morgan fingerprint density at radius 3 is 2.48 bits per heavy atom. The van der Waals surface area contributed by atoms with E-state index in [1.54, 1.807) is 36.9 Å². The monoisotopic (exact) mass is 402 g/mol. The van der Waals surface area contributed by atoms with Gasteiger partial charge in [0.15, 0.2) is 0 Å². The standard InChI is InChI=1S/C22H18N4O2S/c23-18-17-15-2-1-3-16(15)21(28-12-13-4-8-24-9-5-13)26-22(17)29-20(18)19(27)14-6-10-25-11-7-14/h4-11H,1-3,12,23H2. The molecule has 0 radical (unpaired) electrons. The highest BCUT2D eigenvalue weighted by Gasteiger charge is 2.27. The maximum Gasteiger partial charge on any atom is 0.218 e. The molecule has 0 aromatic carbocycles. The van der Waals surface area contributed by atoms with Crippen molar-refractivity contribution in [2.24, 2.45) is 0 Å². The number of carbonyl (C=O) groups excluding carboxylic acids is 1. The van der Waals surface area contributed by atoms with Crippen LogP contribution >= 0.6 is 11.3 Å². The molecule has 29 heavy (non-hydrogen) atoms. The van der Waals surface area contributed by atoms with Gasteiger partial charge in [-0.2, -0.15) is 0 Å². The van der Waals surface area contributed by atoms with Crippen molar-refractivity contribution in [1.29, 1.82) is 0 Å². The minimum atomic E-state index is -0.0982. The van der Waals surface area contributed by atoms with Crippen LogP contribution in [0.5, 0.6) is 5.88 Å². The van der Waals surface area contributed by atoms with E-state index in [1.165, 1.54) is 16.9 Å². The second-order valence-corrected chi connectivity index (χ2v) is 7.96. The molecule has 5 rings (SSSR count). The van der Waals surface area contributed by atoms with Gasteiger partial charge in [-0.15, -0.1) is 11.3 Å². The minimum Gasteiger partial charge on any atom is -0.473 e. The number of ketones is 1. The lowest BCUT2D eigenvalue weighted by Gasteiger charge is -2.11. The number of fused-ring (bicyclic) bond motifs is 3. The molecule has 6 nitrogen and oxygen atoms in total. The summed E-state index contributed by atoms with van der Waals surface area (Å²) in [5, 5.41) is 0.913. The first-order chi connectivity index (χ1) is 14.2. The number of hydrogen-bond donors (Lipinski definition) is 1. The average Bonchev–Trinajstić information content (AvgIpc) is 3.37. The zero-order valence-corrected chi connectivity index (χ0v) is 16.4. The van der Waals surface area contributed by atoms with Gasteiger partial charge < -0.3 is 10.5 Å². The number of aryl methyl sites for hydroxylation is 1. The van der Waals surface area contributed by atoms with E-state index in [2.05, 4.69) is 9.97 Å². The number of anilines is 1. The zero-order valence-electron chi connectivity index (χ0n) is 15.6. The SMILES string of the molecule is Nc1c(C(=O)c2ccncc2)sc2nc(OCc3ccncc3)c3c(c12)CCC3. The normalized spacial score (nSPS) is 12.8. The third-order valence-corrected chi connectivity index (χ3v) is 6.28. The molecule has 4 aromatic heterocycles. The fraction of sp³-hybridized carbons (Fsp3) is 0.182. The second-order valence-electron chi connectivity index (χ2n) is 6.96. The Labute approximate surface area is 171 Å². The second kappa shape index (κ2) is 7.25. The van der Waals surface area contributed by atoms with Gasteiger partial charge in [0.05, 0.1) is 5.69 Å². The smallest absolute Gasteiger partial charge is 0.218 e. The molecule has 0 fully saturated rings. The zero-order chi connectivity index (χ0) is 19.8. The van der Waals surface area contributed by atoms with E-state index < -0.39 is 0 Å². The molecule has 4 aromatic rings. The Hall–Kier alpha value is -3.32. The van der Waals surface area contributed by atoms with Gasteiger partial charge in [0.25, 0.3) is 0 Å². The molecule has 1 aliphatic carbocycles. The molecule has 4 heterocycles. The molecule has 2 N–H and O–H groups in total. The summed E-state index contributed by atoms with van der Waals surface area (Å²) in [6.07, 6.45) is 9.57. The first kappa shape index (κ1) is 17.8. The molecular weight excluding hydrogens is 384 g/mol. The number of thiophene rings is 1. The van der Waals surface area contributed by atoms with E-state index in [0.717, 1.165) is 40.6 Å². The van der Waals surface area contributed by atoms with Crippen molar-refractivity contribution in [3.63, 3.8) is 0 Å². The molecule has 0 saturated carbocycles. The van der Waals surface area contributed by atoms with Crippen LogP contribution in [0.1, 0.15) is 38.3 Å². The molecule has 1 aliphatic rings. The summed E-state index contributed by atoms with van der Waals surface area (Å²) < 4.78 is 6.07. The van der Waals surface area contributed by atoms with E-state index in [-0.39, 0.29) is 5.78 Å². The van der Waals surface area contributed by atoms with Crippen LogP contribution in [0.2, 0.25) is 0 Å². The van der Waals surface area contributed by atoms with E-state index in [0.29, 0.717) is 28.6 Å². The molecule has 0 unspecified atom stereocenters. The quantitative estimate of drug-likeness (QED) is 0.508. The first-order valence-corrected chi connectivity index (χ1v) is 10.2. The van der Waals surface area contributed by atoms with Gasteiger partial charge in [-0.25, -0.2) is 4.98 Å². The summed E-state index contributed by atoms with van der Waals surface area (Å²) >= 11 is 1.33. The van der Waals surface area contributed by atoms with E-state index in [1.807, 2.05) is 12.1 Å². The maximum atomic E-state index is 13.0. The fourth-order valence-electron chi connectivity index (χ4n) is 3.77. The lowest BCUT2D eigenvalue weighted by atomic mass is 10.1. The largest absolute Gasteiger partial charge is 0.473 e. The van der Waals surface area contributed by atoms with Crippen molar-refractivity contribution in [1.82, 2.24) is 15.0 Å². The number of aromatic nitrogens is 3. The van der Waals surface area contributed by atoms with Gasteiger partial charge in [0, 0.05) is 41.3 Å².